The van der Waals surface area contributed by atoms with E-state index in [4.69, 9.17) is 0 Å². The average Bonchev–Trinajstić information content (AvgIpc) is 2.93. The Morgan fingerprint density at radius 1 is 1.28 bits per heavy atom. The van der Waals surface area contributed by atoms with Crippen molar-refractivity contribution in [3.63, 3.8) is 0 Å². The van der Waals surface area contributed by atoms with E-state index in [9.17, 15) is 24.5 Å². The van der Waals surface area contributed by atoms with Crippen LogP contribution < -0.4 is 5.32 Å². The summed E-state index contributed by atoms with van der Waals surface area (Å²) in [5.41, 5.74) is -0.138. The van der Waals surface area contributed by atoms with Gasteiger partial charge in [0.1, 0.15) is 12.1 Å². The van der Waals surface area contributed by atoms with Crippen molar-refractivity contribution in [2.45, 2.75) is 45.1 Å². The fourth-order valence-electron chi connectivity index (χ4n) is 3.78. The number of hydrogen-bond donors (Lipinski definition) is 1. The molecule has 0 aromatic heterocycles. The molecule has 1 aliphatic heterocycles. The summed E-state index contributed by atoms with van der Waals surface area (Å²) in [7, 11) is 0. The van der Waals surface area contributed by atoms with Crippen LogP contribution in [0.4, 0.5) is 10.5 Å². The molecule has 9 nitrogen and oxygen atoms in total. The summed E-state index contributed by atoms with van der Waals surface area (Å²) in [5.74, 6) is -0.865. The molecule has 1 N–H and O–H groups in total. The molecule has 1 atom stereocenters. The number of carbonyl (C=O) groups excluding carboxylic acids is 3. The quantitative estimate of drug-likeness (QED) is 0.448. The van der Waals surface area contributed by atoms with Crippen molar-refractivity contribution in [3.05, 3.63) is 51.7 Å². The van der Waals surface area contributed by atoms with Gasteiger partial charge in [-0.2, -0.15) is 0 Å². The molecule has 29 heavy (non-hydrogen) atoms. The van der Waals surface area contributed by atoms with Crippen molar-refractivity contribution < 1.29 is 19.3 Å². The highest BCUT2D eigenvalue weighted by Gasteiger charge is 2.49. The zero-order chi connectivity index (χ0) is 21.2. The van der Waals surface area contributed by atoms with Gasteiger partial charge in [-0.3, -0.25) is 24.6 Å². The van der Waals surface area contributed by atoms with Gasteiger partial charge in [-0.1, -0.05) is 6.08 Å². The van der Waals surface area contributed by atoms with Crippen LogP contribution in [0.25, 0.3) is 0 Å². The Morgan fingerprint density at radius 3 is 2.52 bits per heavy atom. The van der Waals surface area contributed by atoms with Gasteiger partial charge in [0.05, 0.1) is 4.92 Å². The van der Waals surface area contributed by atoms with E-state index in [1.165, 1.54) is 31.2 Å². The van der Waals surface area contributed by atoms with Crippen molar-refractivity contribution in [2.75, 3.05) is 13.1 Å². The third-order valence-corrected chi connectivity index (χ3v) is 5.45. The normalized spacial score (nSPS) is 21.6. The third-order valence-electron chi connectivity index (χ3n) is 5.45. The lowest BCUT2D eigenvalue weighted by Gasteiger charge is -2.28. The number of benzene rings is 1. The van der Waals surface area contributed by atoms with Gasteiger partial charge in [0.15, 0.2) is 0 Å². The van der Waals surface area contributed by atoms with E-state index in [0.717, 1.165) is 36.3 Å². The minimum atomic E-state index is -1.38. The number of nitrogens with one attached hydrogen (secondary N) is 1. The zero-order valence-electron chi connectivity index (χ0n) is 16.5. The largest absolute Gasteiger partial charge is 0.325 e. The van der Waals surface area contributed by atoms with Crippen LogP contribution in [-0.4, -0.2) is 45.7 Å². The number of hydrogen-bond acceptors (Lipinski definition) is 5. The first-order valence-corrected chi connectivity index (χ1v) is 9.66. The second kappa shape index (κ2) is 8.02. The maximum Gasteiger partial charge on any atom is 0.325 e. The number of nitrogens with zero attached hydrogens (tertiary/aromatic N) is 3. The number of nitro benzene ring substituents is 1. The molecule has 1 aliphatic carbocycles. The number of urea groups is 1. The Bertz CT molecular complexity index is 879. The standard InChI is InChI=1S/C20H24N4O5/c1-3-22(15-7-5-4-6-8-15)17(25)13-23-18(26)20(2,21-19(23)27)14-9-11-16(12-10-14)24(28)29/h7,9-12H,3-6,8,13H2,1-2H3,(H,21,27)/t20-/m0/s1. The lowest BCUT2D eigenvalue weighted by Crippen LogP contribution is -2.44. The van der Waals surface area contributed by atoms with E-state index in [1.54, 1.807) is 4.90 Å². The summed E-state index contributed by atoms with van der Waals surface area (Å²) in [6, 6.07) is 4.78. The fourth-order valence-corrected chi connectivity index (χ4v) is 3.78. The first-order valence-electron chi connectivity index (χ1n) is 9.66. The molecule has 1 heterocycles. The predicted molar refractivity (Wildman–Crippen MR) is 105 cm³/mol. The summed E-state index contributed by atoms with van der Waals surface area (Å²) in [6.45, 7) is 3.51. The topological polar surface area (TPSA) is 113 Å². The molecule has 0 bridgehead atoms. The Kier molecular flexibility index (Phi) is 5.67. The second-order valence-electron chi connectivity index (χ2n) is 7.33. The van der Waals surface area contributed by atoms with Crippen molar-refractivity contribution in [1.29, 1.82) is 0 Å². The Balaban J connectivity index is 1.78. The minimum absolute atomic E-state index is 0.111. The van der Waals surface area contributed by atoms with Crippen LogP contribution in [0.15, 0.2) is 36.0 Å². The van der Waals surface area contributed by atoms with Gasteiger partial charge in [-0.05, 0) is 57.2 Å². The van der Waals surface area contributed by atoms with Crippen LogP contribution in [0, 0.1) is 10.1 Å². The molecule has 1 aromatic carbocycles. The first kappa shape index (κ1) is 20.5. The second-order valence-corrected chi connectivity index (χ2v) is 7.33. The number of rotatable bonds is 6. The lowest BCUT2D eigenvalue weighted by atomic mass is 9.92. The van der Waals surface area contributed by atoms with E-state index in [2.05, 4.69) is 5.32 Å². The number of allylic oxidation sites excluding steroid dienone is 2. The lowest BCUT2D eigenvalue weighted by molar-refractivity contribution is -0.384. The van der Waals surface area contributed by atoms with Crippen LogP contribution in [0.5, 0.6) is 0 Å². The molecule has 2 aliphatic rings. The van der Waals surface area contributed by atoms with Crippen LogP contribution in [-0.2, 0) is 15.1 Å². The molecule has 0 saturated carbocycles. The predicted octanol–water partition coefficient (Wildman–Crippen LogP) is 2.67. The molecule has 4 amide bonds. The van der Waals surface area contributed by atoms with E-state index >= 15 is 0 Å². The number of non-ortho nitro benzene ring substituents is 1. The number of nitro groups is 1. The molecular weight excluding hydrogens is 376 g/mol. The molecule has 3 rings (SSSR count). The monoisotopic (exact) mass is 400 g/mol. The smallest absolute Gasteiger partial charge is 0.319 e. The van der Waals surface area contributed by atoms with Gasteiger partial charge in [0, 0.05) is 24.4 Å². The van der Waals surface area contributed by atoms with Crippen LogP contribution >= 0.6 is 0 Å². The molecule has 0 radical (unpaired) electrons. The summed E-state index contributed by atoms with van der Waals surface area (Å²) >= 11 is 0. The van der Waals surface area contributed by atoms with Gasteiger partial charge in [0.2, 0.25) is 5.91 Å². The maximum atomic E-state index is 13.0. The maximum absolute atomic E-state index is 13.0. The van der Waals surface area contributed by atoms with Gasteiger partial charge in [-0.25, -0.2) is 4.79 Å². The highest BCUT2D eigenvalue weighted by molar-refractivity contribution is 6.09. The van der Waals surface area contributed by atoms with Crippen molar-refractivity contribution in [2.24, 2.45) is 0 Å². The van der Waals surface area contributed by atoms with E-state index < -0.39 is 22.4 Å². The number of carbonyl (C=O) groups is 3. The summed E-state index contributed by atoms with van der Waals surface area (Å²) < 4.78 is 0. The van der Waals surface area contributed by atoms with Crippen molar-refractivity contribution in [3.8, 4) is 0 Å². The third kappa shape index (κ3) is 3.85. The van der Waals surface area contributed by atoms with Crippen LogP contribution in [0.1, 0.15) is 45.1 Å². The fraction of sp³-hybridized carbons (Fsp3) is 0.450. The zero-order valence-corrected chi connectivity index (χ0v) is 16.5. The molecule has 0 spiro atoms. The molecule has 0 unspecified atom stereocenters. The van der Waals surface area contributed by atoms with E-state index in [1.807, 2.05) is 13.0 Å². The van der Waals surface area contributed by atoms with Crippen LogP contribution in [0.3, 0.4) is 0 Å². The first-order chi connectivity index (χ1) is 13.8. The number of amides is 4. The summed E-state index contributed by atoms with van der Waals surface area (Å²) in [5, 5.41) is 13.5. The van der Waals surface area contributed by atoms with Crippen molar-refractivity contribution >= 4 is 23.5 Å². The molecule has 1 saturated heterocycles. The Hall–Kier alpha value is -3.23. The van der Waals surface area contributed by atoms with Gasteiger partial charge in [-0.15, -0.1) is 0 Å². The summed E-state index contributed by atoms with van der Waals surface area (Å²) in [4.78, 5) is 51.1. The number of imide groups is 1. The van der Waals surface area contributed by atoms with Gasteiger partial charge in [0.25, 0.3) is 11.6 Å². The Morgan fingerprint density at radius 2 is 1.97 bits per heavy atom. The molecule has 1 fully saturated rings. The highest BCUT2D eigenvalue weighted by atomic mass is 16.6. The molecule has 9 heteroatoms. The number of likely N-dealkylation sites (N-methyl/N-ethyl adjacent to an activating group) is 1. The minimum Gasteiger partial charge on any atom is -0.319 e. The highest BCUT2D eigenvalue weighted by Crippen LogP contribution is 2.30. The van der Waals surface area contributed by atoms with Gasteiger partial charge >= 0.3 is 6.03 Å². The Labute approximate surface area is 168 Å². The van der Waals surface area contributed by atoms with Crippen molar-refractivity contribution in [1.82, 2.24) is 15.1 Å². The van der Waals surface area contributed by atoms with Gasteiger partial charge < -0.3 is 10.2 Å². The molecule has 154 valence electrons. The SMILES string of the molecule is CCN(C(=O)CN1C(=O)N[C@@](C)(c2ccc([N+](=O)[O-])cc2)C1=O)C1=CCCCC1. The summed E-state index contributed by atoms with van der Waals surface area (Å²) in [6.07, 6.45) is 5.87. The van der Waals surface area contributed by atoms with Crippen LogP contribution in [0.2, 0.25) is 0 Å². The van der Waals surface area contributed by atoms with E-state index in [0.29, 0.717) is 12.1 Å². The molecule has 1 aromatic rings. The average molecular weight is 400 g/mol. The molecular formula is C20H24N4O5. The van der Waals surface area contributed by atoms with E-state index in [-0.39, 0.29) is 18.1 Å².